The smallest absolute Gasteiger partial charge is 0.338 e. The summed E-state index contributed by atoms with van der Waals surface area (Å²) in [7, 11) is 0. The maximum atomic E-state index is 12.7. The predicted molar refractivity (Wildman–Crippen MR) is 110 cm³/mol. The molecule has 0 amide bonds. The number of aryl methyl sites for hydroxylation is 1. The highest BCUT2D eigenvalue weighted by Crippen LogP contribution is 2.14. The molecule has 0 radical (unpaired) electrons. The Labute approximate surface area is 163 Å². The first-order valence-electron chi connectivity index (χ1n) is 9.28. The van der Waals surface area contributed by atoms with Crippen molar-refractivity contribution in [3.8, 4) is 5.69 Å². The molecule has 0 aliphatic heterocycles. The fourth-order valence-corrected chi connectivity index (χ4v) is 2.69. The van der Waals surface area contributed by atoms with Crippen molar-refractivity contribution in [1.82, 2.24) is 9.78 Å². The summed E-state index contributed by atoms with van der Waals surface area (Å²) in [5, 5.41) is 3.07. The van der Waals surface area contributed by atoms with E-state index in [0.29, 0.717) is 23.4 Å². The number of rotatable bonds is 7. The molecule has 1 heterocycles. The SMILES string of the molecule is CCCCOC(=O)c1ccc(N=Cc2c(C)[nH]n(-c3ccccc3)c2=O)cc1. The van der Waals surface area contributed by atoms with Gasteiger partial charge in [0, 0.05) is 11.9 Å². The fraction of sp³-hybridized carbons (Fsp3) is 0.227. The number of nitrogens with zero attached hydrogens (tertiary/aromatic N) is 2. The van der Waals surface area contributed by atoms with Crippen molar-refractivity contribution >= 4 is 17.9 Å². The summed E-state index contributed by atoms with van der Waals surface area (Å²) in [6.45, 7) is 4.30. The third-order valence-corrected chi connectivity index (χ3v) is 4.31. The lowest BCUT2D eigenvalue weighted by atomic mass is 10.2. The minimum Gasteiger partial charge on any atom is -0.462 e. The van der Waals surface area contributed by atoms with E-state index in [2.05, 4.69) is 10.1 Å². The molecule has 1 N–H and O–H groups in total. The van der Waals surface area contributed by atoms with Crippen molar-refractivity contribution in [2.24, 2.45) is 4.99 Å². The highest BCUT2D eigenvalue weighted by Gasteiger charge is 2.10. The maximum absolute atomic E-state index is 12.7. The van der Waals surface area contributed by atoms with Crippen molar-refractivity contribution in [3.05, 3.63) is 81.8 Å². The second kappa shape index (κ2) is 8.99. The summed E-state index contributed by atoms with van der Waals surface area (Å²) in [4.78, 5) is 29.0. The van der Waals surface area contributed by atoms with Gasteiger partial charge in [0.05, 0.1) is 29.1 Å². The van der Waals surface area contributed by atoms with Gasteiger partial charge in [-0.15, -0.1) is 0 Å². The van der Waals surface area contributed by atoms with E-state index in [1.165, 1.54) is 4.68 Å². The summed E-state index contributed by atoms with van der Waals surface area (Å²) >= 11 is 0. The van der Waals surface area contributed by atoms with E-state index < -0.39 is 0 Å². The van der Waals surface area contributed by atoms with Gasteiger partial charge in [-0.1, -0.05) is 31.5 Å². The number of esters is 1. The Morgan fingerprint density at radius 3 is 2.54 bits per heavy atom. The lowest BCUT2D eigenvalue weighted by Gasteiger charge is -2.03. The summed E-state index contributed by atoms with van der Waals surface area (Å²) in [5.41, 5.74) is 2.96. The van der Waals surface area contributed by atoms with E-state index in [9.17, 15) is 9.59 Å². The number of aliphatic imine (C=N–C) groups is 1. The van der Waals surface area contributed by atoms with Crippen molar-refractivity contribution < 1.29 is 9.53 Å². The third kappa shape index (κ3) is 4.46. The van der Waals surface area contributed by atoms with Gasteiger partial charge in [0.25, 0.3) is 5.56 Å². The van der Waals surface area contributed by atoms with Crippen molar-refractivity contribution in [2.45, 2.75) is 26.7 Å². The zero-order valence-corrected chi connectivity index (χ0v) is 16.0. The normalized spacial score (nSPS) is 11.1. The number of hydrogen-bond donors (Lipinski definition) is 1. The van der Waals surface area contributed by atoms with E-state index in [-0.39, 0.29) is 11.5 Å². The van der Waals surface area contributed by atoms with Crippen LogP contribution in [0.5, 0.6) is 0 Å². The average Bonchev–Trinajstić information content (AvgIpc) is 3.01. The summed E-state index contributed by atoms with van der Waals surface area (Å²) in [5.74, 6) is -0.337. The van der Waals surface area contributed by atoms with Crippen molar-refractivity contribution in [3.63, 3.8) is 0 Å². The molecule has 3 aromatic rings. The van der Waals surface area contributed by atoms with Crippen LogP contribution < -0.4 is 5.56 Å². The molecule has 2 aromatic carbocycles. The number of benzene rings is 2. The van der Waals surface area contributed by atoms with Crippen LogP contribution in [0, 0.1) is 6.92 Å². The number of H-pyrrole nitrogens is 1. The van der Waals surface area contributed by atoms with Crippen LogP contribution in [0.15, 0.2) is 64.4 Å². The number of para-hydroxylation sites is 1. The first-order chi connectivity index (χ1) is 13.6. The molecule has 3 rings (SSSR count). The van der Waals surface area contributed by atoms with Gasteiger partial charge in [0.15, 0.2) is 0 Å². The largest absolute Gasteiger partial charge is 0.462 e. The van der Waals surface area contributed by atoms with Gasteiger partial charge in [-0.3, -0.25) is 14.9 Å². The van der Waals surface area contributed by atoms with Gasteiger partial charge < -0.3 is 4.74 Å². The molecule has 0 saturated carbocycles. The van der Waals surface area contributed by atoms with Crippen LogP contribution in [0.4, 0.5) is 5.69 Å². The number of ether oxygens (including phenoxy) is 1. The lowest BCUT2D eigenvalue weighted by molar-refractivity contribution is 0.0500. The number of nitrogens with one attached hydrogen (secondary N) is 1. The Balaban J connectivity index is 1.75. The molecular weight excluding hydrogens is 354 g/mol. The molecule has 0 bridgehead atoms. The molecule has 0 fully saturated rings. The Bertz CT molecular complexity index is 1020. The van der Waals surface area contributed by atoms with Gasteiger partial charge in [-0.25, -0.2) is 9.48 Å². The van der Waals surface area contributed by atoms with E-state index >= 15 is 0 Å². The lowest BCUT2D eigenvalue weighted by Crippen LogP contribution is -2.17. The predicted octanol–water partition coefficient (Wildman–Crippen LogP) is 4.18. The summed E-state index contributed by atoms with van der Waals surface area (Å²) in [6, 6.07) is 16.2. The van der Waals surface area contributed by atoms with Crippen LogP contribution in [0.2, 0.25) is 0 Å². The number of carbonyl (C=O) groups excluding carboxylic acids is 1. The number of aromatic nitrogens is 2. The maximum Gasteiger partial charge on any atom is 0.338 e. The molecule has 0 saturated heterocycles. The second-order valence-electron chi connectivity index (χ2n) is 6.42. The molecule has 6 nitrogen and oxygen atoms in total. The minimum absolute atomic E-state index is 0.163. The molecule has 0 aliphatic rings. The third-order valence-electron chi connectivity index (χ3n) is 4.31. The zero-order chi connectivity index (χ0) is 19.9. The van der Waals surface area contributed by atoms with Crippen molar-refractivity contribution in [2.75, 3.05) is 6.61 Å². The van der Waals surface area contributed by atoms with E-state index in [1.54, 1.807) is 30.5 Å². The first kappa shape index (κ1) is 19.4. The molecule has 0 spiro atoms. The molecule has 0 aliphatic carbocycles. The van der Waals surface area contributed by atoms with Crippen molar-refractivity contribution in [1.29, 1.82) is 0 Å². The van der Waals surface area contributed by atoms with E-state index in [1.807, 2.05) is 44.2 Å². The Morgan fingerprint density at radius 2 is 1.86 bits per heavy atom. The highest BCUT2D eigenvalue weighted by atomic mass is 16.5. The minimum atomic E-state index is -0.337. The fourth-order valence-electron chi connectivity index (χ4n) is 2.69. The van der Waals surface area contributed by atoms with Crippen LogP contribution in [0.3, 0.4) is 0 Å². The van der Waals surface area contributed by atoms with E-state index in [4.69, 9.17) is 4.74 Å². The second-order valence-corrected chi connectivity index (χ2v) is 6.42. The molecule has 6 heteroatoms. The van der Waals surface area contributed by atoms with Gasteiger partial charge >= 0.3 is 5.97 Å². The standard InChI is InChI=1S/C22H23N3O3/c1-3-4-14-28-22(27)17-10-12-18(13-11-17)23-15-20-16(2)24-25(21(20)26)19-8-6-5-7-9-19/h5-13,15,24H,3-4,14H2,1-2H3. The Kier molecular flexibility index (Phi) is 6.22. The molecule has 0 atom stereocenters. The van der Waals surface area contributed by atoms with Gasteiger partial charge in [-0.2, -0.15) is 0 Å². The van der Waals surface area contributed by atoms with Gasteiger partial charge in [-0.05, 0) is 49.7 Å². The quantitative estimate of drug-likeness (QED) is 0.381. The monoisotopic (exact) mass is 377 g/mol. The number of carbonyl (C=O) groups is 1. The van der Waals surface area contributed by atoms with Crippen LogP contribution >= 0.6 is 0 Å². The molecule has 28 heavy (non-hydrogen) atoms. The zero-order valence-electron chi connectivity index (χ0n) is 16.0. The molecular formula is C22H23N3O3. The average molecular weight is 377 g/mol. The van der Waals surface area contributed by atoms with E-state index in [0.717, 1.165) is 24.2 Å². The summed E-state index contributed by atoms with van der Waals surface area (Å²) in [6.07, 6.45) is 3.37. The van der Waals surface area contributed by atoms with Crippen LogP contribution in [0.25, 0.3) is 5.69 Å². The number of hydrogen-bond acceptors (Lipinski definition) is 4. The van der Waals surface area contributed by atoms with Crippen LogP contribution in [0.1, 0.15) is 41.4 Å². The first-order valence-corrected chi connectivity index (χ1v) is 9.28. The molecule has 0 unspecified atom stereocenters. The number of unbranched alkanes of at least 4 members (excludes halogenated alkanes) is 1. The molecule has 144 valence electrons. The van der Waals surface area contributed by atoms with Gasteiger partial charge in [0.1, 0.15) is 0 Å². The Hall–Kier alpha value is -3.41. The molecule has 1 aromatic heterocycles. The van der Waals surface area contributed by atoms with Crippen LogP contribution in [-0.2, 0) is 4.74 Å². The Morgan fingerprint density at radius 1 is 1.14 bits per heavy atom. The topological polar surface area (TPSA) is 76.4 Å². The summed E-state index contributed by atoms with van der Waals surface area (Å²) < 4.78 is 6.68. The van der Waals surface area contributed by atoms with Gasteiger partial charge in [0.2, 0.25) is 0 Å². The van der Waals surface area contributed by atoms with Crippen LogP contribution in [-0.4, -0.2) is 28.6 Å². The highest BCUT2D eigenvalue weighted by molar-refractivity contribution is 5.90. The number of aromatic amines is 1.